The number of aromatic amines is 1. The first-order valence-corrected chi connectivity index (χ1v) is 13.6. The van der Waals surface area contributed by atoms with Crippen molar-refractivity contribution in [2.24, 2.45) is 0 Å². The van der Waals surface area contributed by atoms with Gasteiger partial charge in [-0.1, -0.05) is 18.2 Å². The van der Waals surface area contributed by atoms with Crippen molar-refractivity contribution in [3.05, 3.63) is 87.2 Å². The molecule has 0 amide bonds. The van der Waals surface area contributed by atoms with Gasteiger partial charge in [-0.25, -0.2) is 8.42 Å². The number of hydrogen-bond acceptors (Lipinski definition) is 7. The minimum atomic E-state index is -4.06. The van der Waals surface area contributed by atoms with Crippen molar-refractivity contribution in [2.75, 3.05) is 20.0 Å². The molecular formula is C28H26N2O7S. The lowest BCUT2D eigenvalue weighted by molar-refractivity contribution is 0.171. The Hall–Kier alpha value is -4.02. The van der Waals surface area contributed by atoms with E-state index >= 15 is 0 Å². The van der Waals surface area contributed by atoms with Crippen LogP contribution in [0.4, 0.5) is 0 Å². The zero-order valence-corrected chi connectivity index (χ0v) is 21.8. The van der Waals surface area contributed by atoms with Gasteiger partial charge in [0.1, 0.15) is 13.2 Å². The molecule has 0 saturated carbocycles. The number of sulfonamides is 1. The lowest BCUT2D eigenvalue weighted by Crippen LogP contribution is -2.32. The van der Waals surface area contributed by atoms with Crippen LogP contribution < -0.4 is 24.5 Å². The second kappa shape index (κ2) is 9.38. The van der Waals surface area contributed by atoms with Crippen LogP contribution in [0.25, 0.3) is 10.9 Å². The van der Waals surface area contributed by atoms with Gasteiger partial charge >= 0.3 is 0 Å². The molecule has 3 aromatic carbocycles. The Labute approximate surface area is 219 Å². The van der Waals surface area contributed by atoms with Gasteiger partial charge in [-0.3, -0.25) is 4.79 Å². The molecule has 10 heteroatoms. The van der Waals surface area contributed by atoms with E-state index < -0.39 is 10.0 Å². The van der Waals surface area contributed by atoms with Crippen LogP contribution in [0.5, 0.6) is 23.0 Å². The number of nitrogens with zero attached hydrogens (tertiary/aromatic N) is 1. The summed E-state index contributed by atoms with van der Waals surface area (Å²) in [6, 6.07) is 15.5. The average molecular weight is 535 g/mol. The zero-order chi connectivity index (χ0) is 26.4. The summed E-state index contributed by atoms with van der Waals surface area (Å²) in [5.41, 5.74) is 3.48. The summed E-state index contributed by atoms with van der Waals surface area (Å²) in [6.07, 6.45) is 0. The summed E-state index contributed by atoms with van der Waals surface area (Å²) in [6.45, 7) is 4.66. The van der Waals surface area contributed by atoms with Gasteiger partial charge in [0.15, 0.2) is 23.0 Å². The summed E-state index contributed by atoms with van der Waals surface area (Å²) in [5, 5.41) is 0.836. The summed E-state index contributed by atoms with van der Waals surface area (Å²) < 4.78 is 51.3. The van der Waals surface area contributed by atoms with Gasteiger partial charge in [-0.05, 0) is 66.3 Å². The van der Waals surface area contributed by atoms with Gasteiger partial charge in [0.05, 0.1) is 10.4 Å². The van der Waals surface area contributed by atoms with Gasteiger partial charge in [0.25, 0.3) is 5.56 Å². The minimum absolute atomic E-state index is 0.0117. The second-order valence-electron chi connectivity index (χ2n) is 9.36. The maximum absolute atomic E-state index is 14.0. The van der Waals surface area contributed by atoms with Crippen LogP contribution in [0, 0.1) is 13.8 Å². The van der Waals surface area contributed by atoms with Crippen LogP contribution in [0.1, 0.15) is 22.3 Å². The summed E-state index contributed by atoms with van der Waals surface area (Å²) in [4.78, 5) is 16.1. The lowest BCUT2D eigenvalue weighted by atomic mass is 10.0. The van der Waals surface area contributed by atoms with E-state index in [0.717, 1.165) is 22.0 Å². The molecule has 196 valence electrons. The Morgan fingerprint density at radius 3 is 2.37 bits per heavy atom. The largest absolute Gasteiger partial charge is 0.486 e. The number of benzene rings is 3. The van der Waals surface area contributed by atoms with E-state index in [1.165, 1.54) is 16.4 Å². The highest BCUT2D eigenvalue weighted by atomic mass is 32.2. The van der Waals surface area contributed by atoms with E-state index in [2.05, 4.69) is 4.98 Å². The second-order valence-corrected chi connectivity index (χ2v) is 11.3. The Balaban J connectivity index is 1.41. The molecule has 3 heterocycles. The molecule has 0 unspecified atom stereocenters. The molecule has 38 heavy (non-hydrogen) atoms. The number of fused-ring (bicyclic) bond motifs is 3. The van der Waals surface area contributed by atoms with Crippen LogP contribution >= 0.6 is 0 Å². The van der Waals surface area contributed by atoms with Crippen LogP contribution in [0.2, 0.25) is 0 Å². The van der Waals surface area contributed by atoms with E-state index in [-0.39, 0.29) is 30.3 Å². The lowest BCUT2D eigenvalue weighted by Gasteiger charge is -2.24. The molecule has 6 rings (SSSR count). The number of nitrogens with one attached hydrogen (secondary N) is 1. The molecule has 9 nitrogen and oxygen atoms in total. The van der Waals surface area contributed by atoms with Crippen LogP contribution in [0.3, 0.4) is 0 Å². The molecule has 2 aliphatic heterocycles. The van der Waals surface area contributed by atoms with Crippen molar-refractivity contribution in [1.29, 1.82) is 0 Å². The fourth-order valence-corrected chi connectivity index (χ4v) is 6.10. The number of pyridine rings is 1. The van der Waals surface area contributed by atoms with E-state index in [9.17, 15) is 13.2 Å². The van der Waals surface area contributed by atoms with Gasteiger partial charge in [0.2, 0.25) is 16.8 Å². The van der Waals surface area contributed by atoms with Crippen molar-refractivity contribution in [1.82, 2.24) is 9.29 Å². The molecule has 0 bridgehead atoms. The summed E-state index contributed by atoms with van der Waals surface area (Å²) in [5.74, 6) is 2.02. The summed E-state index contributed by atoms with van der Waals surface area (Å²) in [7, 11) is -4.06. The van der Waals surface area contributed by atoms with Gasteiger partial charge in [-0.15, -0.1) is 0 Å². The maximum Gasteiger partial charge on any atom is 0.252 e. The Morgan fingerprint density at radius 2 is 1.53 bits per heavy atom. The highest BCUT2D eigenvalue weighted by molar-refractivity contribution is 7.89. The average Bonchev–Trinajstić information content (AvgIpc) is 3.39. The highest BCUT2D eigenvalue weighted by Crippen LogP contribution is 2.36. The van der Waals surface area contributed by atoms with E-state index in [0.29, 0.717) is 47.3 Å². The van der Waals surface area contributed by atoms with Crippen LogP contribution in [-0.4, -0.2) is 37.7 Å². The molecule has 0 atom stereocenters. The normalized spacial score (nSPS) is 14.3. The quantitative estimate of drug-likeness (QED) is 0.398. The number of aryl methyl sites for hydroxylation is 2. The fraction of sp³-hybridized carbons (Fsp3) is 0.250. The topological polar surface area (TPSA) is 107 Å². The molecule has 0 spiro atoms. The molecular weight excluding hydrogens is 508 g/mol. The highest BCUT2D eigenvalue weighted by Gasteiger charge is 2.29. The molecule has 0 fully saturated rings. The van der Waals surface area contributed by atoms with Crippen molar-refractivity contribution in [3.8, 4) is 23.0 Å². The van der Waals surface area contributed by atoms with Crippen LogP contribution in [-0.2, 0) is 23.1 Å². The van der Waals surface area contributed by atoms with Gasteiger partial charge in [-0.2, -0.15) is 4.31 Å². The number of rotatable bonds is 6. The van der Waals surface area contributed by atoms with Crippen molar-refractivity contribution >= 4 is 20.9 Å². The Bertz CT molecular complexity index is 1730. The molecule has 0 aliphatic carbocycles. The monoisotopic (exact) mass is 534 g/mol. The summed E-state index contributed by atoms with van der Waals surface area (Å²) >= 11 is 0. The van der Waals surface area contributed by atoms with Crippen molar-refractivity contribution in [3.63, 3.8) is 0 Å². The smallest absolute Gasteiger partial charge is 0.252 e. The van der Waals surface area contributed by atoms with E-state index in [4.69, 9.17) is 18.9 Å². The zero-order valence-electron chi connectivity index (χ0n) is 20.9. The molecule has 0 saturated heterocycles. The van der Waals surface area contributed by atoms with Gasteiger partial charge in [0, 0.05) is 24.7 Å². The third-order valence-corrected chi connectivity index (χ3v) is 8.71. The molecule has 0 radical (unpaired) electrons. The fourth-order valence-electron chi connectivity index (χ4n) is 4.68. The predicted molar refractivity (Wildman–Crippen MR) is 140 cm³/mol. The van der Waals surface area contributed by atoms with Crippen molar-refractivity contribution in [2.45, 2.75) is 31.8 Å². The Kier molecular flexibility index (Phi) is 6.00. The first-order chi connectivity index (χ1) is 18.3. The van der Waals surface area contributed by atoms with Gasteiger partial charge < -0.3 is 23.9 Å². The first-order valence-electron chi connectivity index (χ1n) is 12.2. The maximum atomic E-state index is 14.0. The molecule has 1 aromatic heterocycles. The SMILES string of the molecule is Cc1ccc2cc(CN(Cc3ccc4c(c3)OCO4)S(=O)(=O)c3ccc4c(c3)OCCO4)c(=O)[nH]c2c1C. The molecule has 2 aliphatic rings. The third-order valence-electron chi connectivity index (χ3n) is 6.92. The van der Waals surface area contributed by atoms with E-state index in [1.807, 2.05) is 26.0 Å². The van der Waals surface area contributed by atoms with Crippen LogP contribution in [0.15, 0.2) is 64.3 Å². The third kappa shape index (κ3) is 4.35. The number of aromatic nitrogens is 1. The first kappa shape index (κ1) is 24.3. The minimum Gasteiger partial charge on any atom is -0.486 e. The molecule has 1 N–H and O–H groups in total. The number of H-pyrrole nitrogens is 1. The number of ether oxygens (including phenoxy) is 4. The standard InChI is InChI=1S/C28H26N2O7S/c1-17-3-5-20-12-21(28(31)29-27(20)18(17)2)15-30(14-19-4-7-24-25(11-19)37-16-36-24)38(32,33)22-6-8-23-26(13-22)35-10-9-34-23/h3-8,11-13H,9-10,14-16H2,1-2H3,(H,29,31). The molecule has 4 aromatic rings. The predicted octanol–water partition coefficient (Wildman–Crippen LogP) is 4.04. The number of hydrogen-bond donors (Lipinski definition) is 1. The van der Waals surface area contributed by atoms with E-state index in [1.54, 1.807) is 30.3 Å². The van der Waals surface area contributed by atoms with Crippen molar-refractivity contribution < 1.29 is 27.4 Å². The Morgan fingerprint density at radius 1 is 0.816 bits per heavy atom.